The Morgan fingerprint density at radius 2 is 1.26 bits per heavy atom. The summed E-state index contributed by atoms with van der Waals surface area (Å²) in [5, 5.41) is 0. The molecule has 0 aliphatic heterocycles. The first-order chi connectivity index (χ1) is 18.6. The number of ether oxygens (including phenoxy) is 4. The van der Waals surface area contributed by atoms with Gasteiger partial charge >= 0.3 is 18.1 Å². The van der Waals surface area contributed by atoms with Crippen LogP contribution in [-0.4, -0.2) is 11.9 Å². The average molecular weight is 537 g/mol. The highest BCUT2D eigenvalue weighted by Crippen LogP contribution is 2.39. The fraction of sp³-hybridized carbons (Fsp3) is 0.0667. The summed E-state index contributed by atoms with van der Waals surface area (Å²) in [6, 6.07) is 17.1. The van der Waals surface area contributed by atoms with Gasteiger partial charge in [-0.25, -0.2) is 9.59 Å². The van der Waals surface area contributed by atoms with Crippen molar-refractivity contribution >= 4 is 11.9 Å². The predicted molar refractivity (Wildman–Crippen MR) is 139 cm³/mol. The Labute approximate surface area is 222 Å². The summed E-state index contributed by atoms with van der Waals surface area (Å²) in [7, 11) is 0. The van der Waals surface area contributed by atoms with Crippen LogP contribution >= 0.6 is 0 Å². The third kappa shape index (κ3) is 8.22. The van der Waals surface area contributed by atoms with Crippen LogP contribution in [0, 0.1) is 0 Å². The van der Waals surface area contributed by atoms with E-state index in [-0.39, 0.29) is 16.9 Å². The molecular formula is C30H23F3O6. The number of hydrogen-bond acceptors (Lipinski definition) is 6. The number of benzene rings is 3. The van der Waals surface area contributed by atoms with Crippen LogP contribution in [0.15, 0.2) is 117 Å². The first kappa shape index (κ1) is 28.5. The monoisotopic (exact) mass is 536 g/mol. The molecule has 0 aromatic heterocycles. The Hall–Kier alpha value is -5.05. The molecule has 3 aromatic rings. The van der Waals surface area contributed by atoms with Crippen LogP contribution in [0.2, 0.25) is 0 Å². The molecule has 0 aliphatic rings. The summed E-state index contributed by atoms with van der Waals surface area (Å²) in [4.78, 5) is 22.3. The highest BCUT2D eigenvalue weighted by Gasteiger charge is 2.34. The Morgan fingerprint density at radius 1 is 0.744 bits per heavy atom. The van der Waals surface area contributed by atoms with E-state index in [2.05, 4.69) is 17.9 Å². The summed E-state index contributed by atoms with van der Waals surface area (Å²) in [5.41, 5.74) is 1.22. The van der Waals surface area contributed by atoms with Crippen LogP contribution in [-0.2, 0) is 25.2 Å². The molecule has 0 saturated heterocycles. The topological polar surface area (TPSA) is 71.1 Å². The molecule has 0 bridgehead atoms. The lowest BCUT2D eigenvalue weighted by Crippen LogP contribution is -2.07. The van der Waals surface area contributed by atoms with E-state index in [4.69, 9.17) is 14.2 Å². The molecule has 0 heterocycles. The standard InChI is InChI=1S/C30H23F3O6/c1-4-28(34)38-17-15-36-24-11-9-22(10-12-24)21-5-7-23(8-6-21)26-14-13-25(19-27(26)30(31,32)33)37-16-18-39-29(35)20(2)3/h4-19H,1-2H2,3H3. The van der Waals surface area contributed by atoms with Crippen molar-refractivity contribution in [1.29, 1.82) is 0 Å². The zero-order valence-corrected chi connectivity index (χ0v) is 20.7. The quantitative estimate of drug-likeness (QED) is 0.151. The van der Waals surface area contributed by atoms with E-state index in [1.807, 2.05) is 0 Å². The molecule has 0 aliphatic carbocycles. The summed E-state index contributed by atoms with van der Waals surface area (Å²) >= 11 is 0. The van der Waals surface area contributed by atoms with E-state index in [0.29, 0.717) is 11.3 Å². The maximum absolute atomic E-state index is 13.8. The normalized spacial score (nSPS) is 11.3. The Kier molecular flexibility index (Phi) is 9.48. The maximum Gasteiger partial charge on any atom is 0.417 e. The number of rotatable bonds is 10. The van der Waals surface area contributed by atoms with Gasteiger partial charge in [0.1, 0.15) is 36.5 Å². The fourth-order valence-electron chi connectivity index (χ4n) is 3.20. The third-order valence-corrected chi connectivity index (χ3v) is 5.07. The molecule has 39 heavy (non-hydrogen) atoms. The molecule has 0 saturated carbocycles. The molecule has 200 valence electrons. The van der Waals surface area contributed by atoms with Crippen molar-refractivity contribution in [2.24, 2.45) is 0 Å². The van der Waals surface area contributed by atoms with Gasteiger partial charge in [-0.2, -0.15) is 13.2 Å². The van der Waals surface area contributed by atoms with E-state index in [0.717, 1.165) is 42.1 Å². The van der Waals surface area contributed by atoms with E-state index < -0.39 is 23.7 Å². The van der Waals surface area contributed by atoms with Gasteiger partial charge in [-0.05, 0) is 53.4 Å². The second kappa shape index (κ2) is 13.0. The average Bonchev–Trinajstić information content (AvgIpc) is 2.93. The molecule has 9 heteroatoms. The number of carbonyl (C=O) groups is 2. The molecule has 6 nitrogen and oxygen atoms in total. The molecule has 0 unspecified atom stereocenters. The first-order valence-electron chi connectivity index (χ1n) is 11.3. The second-order valence-corrected chi connectivity index (χ2v) is 7.91. The first-order valence-corrected chi connectivity index (χ1v) is 11.3. The summed E-state index contributed by atoms with van der Waals surface area (Å²) in [5.74, 6) is -0.894. The lowest BCUT2D eigenvalue weighted by molar-refractivity contribution is -0.137. The maximum atomic E-state index is 13.8. The third-order valence-electron chi connectivity index (χ3n) is 5.07. The lowest BCUT2D eigenvalue weighted by atomic mass is 9.96. The number of esters is 2. The minimum atomic E-state index is -4.64. The van der Waals surface area contributed by atoms with Gasteiger partial charge in [0.25, 0.3) is 0 Å². The number of halogens is 3. The smallest absolute Gasteiger partial charge is 0.417 e. The molecule has 0 radical (unpaired) electrons. The molecule has 0 spiro atoms. The molecule has 0 amide bonds. The van der Waals surface area contributed by atoms with E-state index in [1.165, 1.54) is 25.3 Å². The van der Waals surface area contributed by atoms with Crippen LogP contribution in [0.3, 0.4) is 0 Å². The van der Waals surface area contributed by atoms with Crippen molar-refractivity contribution in [2.45, 2.75) is 13.1 Å². The Balaban J connectivity index is 1.73. The molecular weight excluding hydrogens is 513 g/mol. The van der Waals surface area contributed by atoms with Crippen molar-refractivity contribution in [1.82, 2.24) is 0 Å². The molecule has 3 aromatic carbocycles. The Morgan fingerprint density at radius 3 is 1.82 bits per heavy atom. The van der Waals surface area contributed by atoms with Crippen LogP contribution in [0.5, 0.6) is 11.5 Å². The molecule has 3 rings (SSSR count). The zero-order chi connectivity index (χ0) is 28.4. The summed E-state index contributed by atoms with van der Waals surface area (Å²) in [6.45, 7) is 8.15. The zero-order valence-electron chi connectivity index (χ0n) is 20.7. The Bertz CT molecular complexity index is 1400. The second-order valence-electron chi connectivity index (χ2n) is 7.91. The minimum absolute atomic E-state index is 0.0215. The van der Waals surface area contributed by atoms with Crippen molar-refractivity contribution < 1.29 is 41.7 Å². The fourth-order valence-corrected chi connectivity index (χ4v) is 3.20. The van der Waals surface area contributed by atoms with Crippen LogP contribution in [0.1, 0.15) is 12.5 Å². The minimum Gasteiger partial charge on any atom is -0.462 e. The van der Waals surface area contributed by atoms with Crippen molar-refractivity contribution in [3.8, 4) is 33.8 Å². The van der Waals surface area contributed by atoms with Crippen molar-refractivity contribution in [3.63, 3.8) is 0 Å². The lowest BCUT2D eigenvalue weighted by Gasteiger charge is -2.15. The van der Waals surface area contributed by atoms with Gasteiger partial charge in [0.2, 0.25) is 0 Å². The van der Waals surface area contributed by atoms with E-state index in [1.54, 1.807) is 48.5 Å². The van der Waals surface area contributed by atoms with Gasteiger partial charge in [-0.1, -0.05) is 55.6 Å². The SMILES string of the molecule is C=CC(=O)OC=COc1ccc(-c2ccc(-c3ccc(OC=COC(=O)C(=C)C)cc3C(F)(F)F)cc2)cc1. The van der Waals surface area contributed by atoms with Crippen molar-refractivity contribution in [2.75, 3.05) is 0 Å². The summed E-state index contributed by atoms with van der Waals surface area (Å²) in [6.07, 6.45) is 0.558. The van der Waals surface area contributed by atoms with E-state index in [9.17, 15) is 22.8 Å². The van der Waals surface area contributed by atoms with Gasteiger partial charge in [-0.3, -0.25) is 0 Å². The van der Waals surface area contributed by atoms with Gasteiger partial charge in [0.05, 0.1) is 5.56 Å². The van der Waals surface area contributed by atoms with Gasteiger partial charge in [-0.15, -0.1) is 0 Å². The van der Waals surface area contributed by atoms with Gasteiger partial charge in [0.15, 0.2) is 0 Å². The number of hydrogen-bond donors (Lipinski definition) is 0. The number of carbonyl (C=O) groups excluding carboxylic acids is 2. The number of alkyl halides is 3. The van der Waals surface area contributed by atoms with Crippen LogP contribution in [0.4, 0.5) is 13.2 Å². The summed E-state index contributed by atoms with van der Waals surface area (Å²) < 4.78 is 61.4. The highest BCUT2D eigenvalue weighted by molar-refractivity contribution is 5.87. The van der Waals surface area contributed by atoms with Crippen molar-refractivity contribution in [3.05, 3.63) is 122 Å². The molecule has 0 atom stereocenters. The molecule has 0 N–H and O–H groups in total. The molecule has 0 fully saturated rings. The van der Waals surface area contributed by atoms with Gasteiger partial charge in [0, 0.05) is 11.6 Å². The predicted octanol–water partition coefficient (Wildman–Crippen LogP) is 7.59. The van der Waals surface area contributed by atoms with E-state index >= 15 is 0 Å². The van der Waals surface area contributed by atoms with Gasteiger partial charge < -0.3 is 18.9 Å². The highest BCUT2D eigenvalue weighted by atomic mass is 19.4. The van der Waals surface area contributed by atoms with Crippen LogP contribution < -0.4 is 9.47 Å². The largest absolute Gasteiger partial charge is 0.462 e. The van der Waals surface area contributed by atoms with Crippen LogP contribution in [0.25, 0.3) is 22.3 Å².